The third kappa shape index (κ3) is 6.23. The van der Waals surface area contributed by atoms with Crippen LogP contribution in [0.5, 0.6) is 0 Å². The third-order valence-electron chi connectivity index (χ3n) is 11.7. The zero-order chi connectivity index (χ0) is 39.8. The number of anilines is 3. The molecule has 0 radical (unpaired) electrons. The van der Waals surface area contributed by atoms with E-state index in [-0.39, 0.29) is 0 Å². The van der Waals surface area contributed by atoms with Gasteiger partial charge in [0.25, 0.3) is 0 Å². The molecule has 0 bridgehead atoms. The first kappa shape index (κ1) is 35.2. The standard InChI is InChI=1S/C58H39NO/c1-4-18-40(19-5-1)44-26-16-27-46(38-44)48-29-12-14-32-53(48)59(54-36-34-45(41-20-6-2-7-21-41)39-52(54)43-22-8-3-9-23-43)55-37-35-50(49-31-17-25-42-24-10-11-28-47(42)49)58-57(55)51-30-13-15-33-56(51)60-58/h1-39H. The molecule has 0 aliphatic carbocycles. The van der Waals surface area contributed by atoms with Crippen molar-refractivity contribution in [3.8, 4) is 55.6 Å². The van der Waals surface area contributed by atoms with Crippen molar-refractivity contribution in [2.45, 2.75) is 0 Å². The number of fused-ring (bicyclic) bond motifs is 4. The normalized spacial score (nSPS) is 11.3. The van der Waals surface area contributed by atoms with E-state index in [1.165, 1.54) is 27.5 Å². The first-order valence-electron chi connectivity index (χ1n) is 20.5. The monoisotopic (exact) mass is 765 g/mol. The van der Waals surface area contributed by atoms with Crippen LogP contribution in [0.4, 0.5) is 17.1 Å². The summed E-state index contributed by atoms with van der Waals surface area (Å²) >= 11 is 0. The molecule has 2 nitrogen and oxygen atoms in total. The fourth-order valence-electron chi connectivity index (χ4n) is 8.86. The molecule has 60 heavy (non-hydrogen) atoms. The number of benzene rings is 10. The molecule has 11 rings (SSSR count). The van der Waals surface area contributed by atoms with Gasteiger partial charge in [-0.05, 0) is 92.2 Å². The molecule has 1 heterocycles. The maximum absolute atomic E-state index is 6.99. The molecule has 0 fully saturated rings. The smallest absolute Gasteiger partial charge is 0.145 e. The van der Waals surface area contributed by atoms with Gasteiger partial charge in [-0.3, -0.25) is 0 Å². The predicted octanol–water partition coefficient (Wildman–Crippen LogP) is 16.5. The van der Waals surface area contributed by atoms with Gasteiger partial charge >= 0.3 is 0 Å². The summed E-state index contributed by atoms with van der Waals surface area (Å²) in [6.07, 6.45) is 0. The van der Waals surface area contributed by atoms with Crippen LogP contribution in [0, 0.1) is 0 Å². The highest BCUT2D eigenvalue weighted by molar-refractivity contribution is 6.19. The Hall–Kier alpha value is -7.94. The third-order valence-corrected chi connectivity index (χ3v) is 11.7. The van der Waals surface area contributed by atoms with Crippen LogP contribution >= 0.6 is 0 Å². The molecule has 0 aliphatic rings. The maximum atomic E-state index is 6.99. The first-order valence-corrected chi connectivity index (χ1v) is 20.5. The van der Waals surface area contributed by atoms with Gasteiger partial charge in [0.05, 0.1) is 22.4 Å². The molecule has 11 aromatic rings. The minimum absolute atomic E-state index is 0.855. The highest BCUT2D eigenvalue weighted by Gasteiger charge is 2.26. The summed E-state index contributed by atoms with van der Waals surface area (Å²) in [6, 6.07) is 84.9. The van der Waals surface area contributed by atoms with Gasteiger partial charge in [-0.25, -0.2) is 0 Å². The first-order chi connectivity index (χ1) is 29.8. The second kappa shape index (κ2) is 15.1. The quantitative estimate of drug-likeness (QED) is 0.153. The van der Waals surface area contributed by atoms with E-state index in [1.807, 2.05) is 0 Å². The van der Waals surface area contributed by atoms with Gasteiger partial charge in [0.1, 0.15) is 11.2 Å². The fraction of sp³-hybridized carbons (Fsp3) is 0. The lowest BCUT2D eigenvalue weighted by Gasteiger charge is -2.31. The highest BCUT2D eigenvalue weighted by Crippen LogP contribution is 2.51. The van der Waals surface area contributed by atoms with Crippen LogP contribution in [0.2, 0.25) is 0 Å². The van der Waals surface area contributed by atoms with E-state index in [0.717, 1.165) is 77.9 Å². The van der Waals surface area contributed by atoms with Crippen molar-refractivity contribution >= 4 is 49.8 Å². The Kier molecular flexibility index (Phi) is 8.87. The minimum Gasteiger partial charge on any atom is -0.455 e. The molecule has 0 saturated carbocycles. The number of nitrogens with zero attached hydrogens (tertiary/aromatic N) is 1. The average molecular weight is 766 g/mol. The Morgan fingerprint density at radius 2 is 0.817 bits per heavy atom. The molecule has 0 unspecified atom stereocenters. The molecule has 0 saturated heterocycles. The average Bonchev–Trinajstić information content (AvgIpc) is 3.73. The van der Waals surface area contributed by atoms with E-state index in [1.54, 1.807) is 0 Å². The number of rotatable bonds is 8. The molecule has 0 N–H and O–H groups in total. The number of hydrogen-bond donors (Lipinski definition) is 0. The van der Waals surface area contributed by atoms with E-state index in [4.69, 9.17) is 4.42 Å². The van der Waals surface area contributed by atoms with Gasteiger partial charge in [-0.2, -0.15) is 0 Å². The van der Waals surface area contributed by atoms with Gasteiger partial charge < -0.3 is 9.32 Å². The second-order valence-electron chi connectivity index (χ2n) is 15.2. The summed E-state index contributed by atoms with van der Waals surface area (Å²) in [5.74, 6) is 0. The molecule has 0 amide bonds. The van der Waals surface area contributed by atoms with E-state index in [2.05, 4.69) is 241 Å². The van der Waals surface area contributed by atoms with Crippen molar-refractivity contribution in [3.63, 3.8) is 0 Å². The molecular formula is C58H39NO. The van der Waals surface area contributed by atoms with Crippen molar-refractivity contribution in [2.75, 3.05) is 4.90 Å². The summed E-state index contributed by atoms with van der Waals surface area (Å²) in [6.45, 7) is 0. The molecule has 2 heteroatoms. The topological polar surface area (TPSA) is 16.4 Å². The van der Waals surface area contributed by atoms with Crippen molar-refractivity contribution in [1.29, 1.82) is 0 Å². The molecule has 0 aliphatic heterocycles. The van der Waals surface area contributed by atoms with Gasteiger partial charge in [0.2, 0.25) is 0 Å². The van der Waals surface area contributed by atoms with Gasteiger partial charge in [0, 0.05) is 22.1 Å². The van der Waals surface area contributed by atoms with Crippen molar-refractivity contribution < 1.29 is 4.42 Å². The minimum atomic E-state index is 0.855. The van der Waals surface area contributed by atoms with E-state index < -0.39 is 0 Å². The largest absolute Gasteiger partial charge is 0.455 e. The Morgan fingerprint density at radius 1 is 0.283 bits per heavy atom. The molecular weight excluding hydrogens is 727 g/mol. The van der Waals surface area contributed by atoms with Crippen molar-refractivity contribution in [3.05, 3.63) is 237 Å². The van der Waals surface area contributed by atoms with Gasteiger partial charge in [-0.15, -0.1) is 0 Å². The van der Waals surface area contributed by atoms with Crippen LogP contribution in [0.15, 0.2) is 241 Å². The van der Waals surface area contributed by atoms with Crippen LogP contribution in [-0.2, 0) is 0 Å². The summed E-state index contributed by atoms with van der Waals surface area (Å²) in [5, 5.41) is 4.52. The predicted molar refractivity (Wildman–Crippen MR) is 253 cm³/mol. The van der Waals surface area contributed by atoms with Crippen LogP contribution in [0.1, 0.15) is 0 Å². The summed E-state index contributed by atoms with van der Waals surface area (Å²) < 4.78 is 6.99. The SMILES string of the molecule is c1ccc(-c2cccc(-c3ccccc3N(c3ccc(-c4ccccc4)cc3-c3ccccc3)c3ccc(-c4cccc5ccccc45)c4oc5ccccc5c34)c2)cc1. The second-order valence-corrected chi connectivity index (χ2v) is 15.2. The Bertz CT molecular complexity index is 3310. The van der Waals surface area contributed by atoms with E-state index in [0.29, 0.717) is 0 Å². The molecule has 282 valence electrons. The maximum Gasteiger partial charge on any atom is 0.145 e. The summed E-state index contributed by atoms with van der Waals surface area (Å²) in [7, 11) is 0. The van der Waals surface area contributed by atoms with Crippen LogP contribution in [0.3, 0.4) is 0 Å². The summed E-state index contributed by atoms with van der Waals surface area (Å²) in [5.41, 5.74) is 16.3. The van der Waals surface area contributed by atoms with Crippen molar-refractivity contribution in [2.24, 2.45) is 0 Å². The van der Waals surface area contributed by atoms with E-state index >= 15 is 0 Å². The lowest BCUT2D eigenvalue weighted by atomic mass is 9.93. The molecule has 1 aromatic heterocycles. The highest BCUT2D eigenvalue weighted by atomic mass is 16.3. The van der Waals surface area contributed by atoms with Gasteiger partial charge in [-0.1, -0.05) is 194 Å². The number of para-hydroxylation sites is 2. The van der Waals surface area contributed by atoms with E-state index in [9.17, 15) is 0 Å². The van der Waals surface area contributed by atoms with Crippen LogP contribution < -0.4 is 4.90 Å². The van der Waals surface area contributed by atoms with Crippen LogP contribution in [-0.4, -0.2) is 0 Å². The Morgan fingerprint density at radius 3 is 1.60 bits per heavy atom. The van der Waals surface area contributed by atoms with Crippen molar-refractivity contribution in [1.82, 2.24) is 0 Å². The Labute approximate surface area is 349 Å². The van der Waals surface area contributed by atoms with Gasteiger partial charge in [0.15, 0.2) is 0 Å². The zero-order valence-electron chi connectivity index (χ0n) is 32.9. The van der Waals surface area contributed by atoms with Crippen LogP contribution in [0.25, 0.3) is 88.3 Å². The fourth-order valence-corrected chi connectivity index (χ4v) is 8.86. The lowest BCUT2D eigenvalue weighted by molar-refractivity contribution is 0.670. The lowest BCUT2D eigenvalue weighted by Crippen LogP contribution is -2.13. The number of furan rings is 1. The number of hydrogen-bond acceptors (Lipinski definition) is 2. The summed E-state index contributed by atoms with van der Waals surface area (Å²) in [4.78, 5) is 2.47. The zero-order valence-corrected chi connectivity index (χ0v) is 32.9. The molecule has 0 atom stereocenters. The molecule has 10 aromatic carbocycles. The Balaban J connectivity index is 1.23. The molecule has 0 spiro atoms.